The topological polar surface area (TPSA) is 98.0 Å². The highest BCUT2D eigenvalue weighted by atomic mass is 35.5. The lowest BCUT2D eigenvalue weighted by Crippen LogP contribution is -2.36. The molecular weight excluding hydrogens is 497 g/mol. The molecule has 174 valence electrons. The van der Waals surface area contributed by atoms with Crippen molar-refractivity contribution in [1.29, 1.82) is 0 Å². The Balaban J connectivity index is 1.60. The third-order valence-electron chi connectivity index (χ3n) is 4.66. The first-order valence-electron chi connectivity index (χ1n) is 10.2. The highest BCUT2D eigenvalue weighted by Gasteiger charge is 2.32. The molecule has 8 nitrogen and oxygen atoms in total. The molecule has 1 aliphatic rings. The lowest BCUT2D eigenvalue weighted by Gasteiger charge is -2.18. The molecule has 2 aromatic carbocycles. The highest BCUT2D eigenvalue weighted by Crippen LogP contribution is 2.31. The van der Waals surface area contributed by atoms with Gasteiger partial charge in [-0.2, -0.15) is 0 Å². The monoisotopic (exact) mass is 515 g/mol. The van der Waals surface area contributed by atoms with Crippen LogP contribution in [0.1, 0.15) is 25.5 Å². The number of rotatable bonds is 6. The first-order chi connectivity index (χ1) is 16.3. The van der Waals surface area contributed by atoms with Gasteiger partial charge in [0.05, 0.1) is 5.69 Å². The fourth-order valence-electron chi connectivity index (χ4n) is 2.99. The van der Waals surface area contributed by atoms with Crippen molar-refractivity contribution < 1.29 is 19.1 Å². The van der Waals surface area contributed by atoms with E-state index < -0.39 is 5.90 Å². The van der Waals surface area contributed by atoms with Crippen molar-refractivity contribution >= 4 is 69.6 Å². The van der Waals surface area contributed by atoms with Crippen LogP contribution >= 0.6 is 35.0 Å². The Morgan fingerprint density at radius 2 is 2.03 bits per heavy atom. The Kier molecular flexibility index (Phi) is 7.35. The molecule has 0 spiro atoms. The van der Waals surface area contributed by atoms with E-state index in [1.165, 1.54) is 4.90 Å². The molecule has 1 amide bonds. The van der Waals surface area contributed by atoms with E-state index in [1.54, 1.807) is 47.3 Å². The standard InChI is InChI=1S/C23H19Cl2N5O3S/c1-14(2)29-12-21(33-28-29)27-20(31)13-34-23-26-19(10-15-8-9-16(24)11-18(15)25)22(32)30(23)17-6-4-3-5-7-17/h3-12,14H,13H2,1-2H3/b19-10+. The fraction of sp³-hybridized carbons (Fsp3) is 0.174. The van der Waals surface area contributed by atoms with Crippen molar-refractivity contribution in [3.63, 3.8) is 0 Å². The van der Waals surface area contributed by atoms with Crippen molar-refractivity contribution in [2.75, 3.05) is 10.7 Å². The average molecular weight is 516 g/mol. The number of amides is 1. The van der Waals surface area contributed by atoms with Gasteiger partial charge in [0.25, 0.3) is 12.1 Å². The van der Waals surface area contributed by atoms with Crippen LogP contribution in [-0.2, 0) is 4.79 Å². The van der Waals surface area contributed by atoms with Crippen molar-refractivity contribution in [3.8, 4) is 0 Å². The molecule has 34 heavy (non-hydrogen) atoms. The number of carbonyl (C=O) groups excluding carboxylic acids is 1. The number of hydrogen-bond acceptors (Lipinski definition) is 7. The molecule has 2 heterocycles. The number of anilines is 1. The van der Waals surface area contributed by atoms with Gasteiger partial charge in [0.1, 0.15) is 5.70 Å². The Labute approximate surface area is 210 Å². The Morgan fingerprint density at radius 3 is 2.71 bits per heavy atom. The number of hydrogen-bond donors (Lipinski definition) is 0. The van der Waals surface area contributed by atoms with Crippen molar-refractivity contribution in [3.05, 3.63) is 76.0 Å². The Hall–Kier alpha value is -3.14. The van der Waals surface area contributed by atoms with E-state index in [2.05, 4.69) is 15.3 Å². The summed E-state index contributed by atoms with van der Waals surface area (Å²) < 4.78 is 6.63. The summed E-state index contributed by atoms with van der Waals surface area (Å²) in [4.78, 5) is 23.1. The molecule has 0 unspecified atom stereocenters. The minimum Gasteiger partial charge on any atom is -0.861 e. The molecule has 1 aliphatic heterocycles. The van der Waals surface area contributed by atoms with Gasteiger partial charge in [-0.3, -0.25) is 14.2 Å². The zero-order valence-corrected chi connectivity index (χ0v) is 20.5. The molecule has 4 rings (SSSR count). The van der Waals surface area contributed by atoms with E-state index >= 15 is 0 Å². The summed E-state index contributed by atoms with van der Waals surface area (Å²) in [5.74, 6) is -0.718. The first-order valence-corrected chi connectivity index (χ1v) is 12.0. The second-order valence-corrected chi connectivity index (χ2v) is 9.26. The lowest BCUT2D eigenvalue weighted by atomic mass is 10.2. The summed E-state index contributed by atoms with van der Waals surface area (Å²) in [7, 11) is 0. The van der Waals surface area contributed by atoms with Gasteiger partial charge in [-0.1, -0.05) is 59.2 Å². The maximum atomic E-state index is 13.2. The van der Waals surface area contributed by atoms with Gasteiger partial charge >= 0.3 is 5.88 Å². The number of carbonyl (C=O) groups is 1. The van der Waals surface area contributed by atoms with E-state index in [4.69, 9.17) is 27.7 Å². The van der Waals surface area contributed by atoms with Crippen LogP contribution in [-0.4, -0.2) is 28.0 Å². The normalized spacial score (nSPS) is 15.5. The van der Waals surface area contributed by atoms with Crippen LogP contribution < -0.4 is 14.7 Å². The van der Waals surface area contributed by atoms with Gasteiger partial charge in [0.2, 0.25) is 5.27 Å². The SMILES string of the molecule is CC(C)[n+]1cc(/N=C(\[O-])CSC2=N/C(=C/c3ccc(Cl)cc3Cl)C(=O)N2c2ccccc2)on1. The number of amidine groups is 1. The van der Waals surface area contributed by atoms with Crippen LogP contribution in [0.25, 0.3) is 6.08 Å². The molecule has 0 fully saturated rings. The number of benzene rings is 2. The second-order valence-electron chi connectivity index (χ2n) is 7.47. The van der Waals surface area contributed by atoms with Crippen LogP contribution in [0.2, 0.25) is 10.0 Å². The van der Waals surface area contributed by atoms with Crippen LogP contribution in [0.15, 0.2) is 74.9 Å². The lowest BCUT2D eigenvalue weighted by molar-refractivity contribution is -0.779. The number of aromatic nitrogens is 2. The molecule has 0 atom stereocenters. The third kappa shape index (κ3) is 5.49. The highest BCUT2D eigenvalue weighted by molar-refractivity contribution is 8.14. The molecule has 0 saturated carbocycles. The molecule has 0 radical (unpaired) electrons. The second kappa shape index (κ2) is 10.4. The number of para-hydroxylation sites is 1. The molecular formula is C23H19Cl2N5O3S. The van der Waals surface area contributed by atoms with Crippen molar-refractivity contribution in [2.24, 2.45) is 9.98 Å². The van der Waals surface area contributed by atoms with Gasteiger partial charge < -0.3 is 5.11 Å². The number of thioether (sulfide) groups is 1. The quantitative estimate of drug-likeness (QED) is 0.209. The summed E-state index contributed by atoms with van der Waals surface area (Å²) in [6, 6.07) is 14.1. The first kappa shape index (κ1) is 24.0. The Bertz CT molecular complexity index is 1300. The largest absolute Gasteiger partial charge is 0.861 e. The predicted molar refractivity (Wildman–Crippen MR) is 132 cm³/mol. The summed E-state index contributed by atoms with van der Waals surface area (Å²) >= 11 is 13.3. The van der Waals surface area contributed by atoms with Crippen LogP contribution in [0, 0.1) is 0 Å². The minimum absolute atomic E-state index is 0.0488. The van der Waals surface area contributed by atoms with E-state index in [-0.39, 0.29) is 29.3 Å². The van der Waals surface area contributed by atoms with Crippen LogP contribution in [0.3, 0.4) is 0 Å². The van der Waals surface area contributed by atoms with E-state index in [0.29, 0.717) is 26.5 Å². The van der Waals surface area contributed by atoms with Gasteiger partial charge in [0, 0.05) is 15.8 Å². The predicted octanol–water partition coefficient (Wildman–Crippen LogP) is 4.42. The van der Waals surface area contributed by atoms with Gasteiger partial charge in [-0.25, -0.2) is 9.98 Å². The van der Waals surface area contributed by atoms with Crippen molar-refractivity contribution in [2.45, 2.75) is 19.9 Å². The smallest absolute Gasteiger partial charge is 0.320 e. The van der Waals surface area contributed by atoms with Gasteiger partial charge in [-0.05, 0) is 60.3 Å². The van der Waals surface area contributed by atoms with Crippen molar-refractivity contribution in [1.82, 2.24) is 5.27 Å². The summed E-state index contributed by atoms with van der Waals surface area (Å²) in [5, 5.41) is 17.5. The van der Waals surface area contributed by atoms with E-state index in [1.807, 2.05) is 32.0 Å². The minimum atomic E-state index is -0.446. The van der Waals surface area contributed by atoms with Crippen LogP contribution in [0.5, 0.6) is 0 Å². The fourth-order valence-corrected chi connectivity index (χ4v) is 4.25. The number of aliphatic imine (C=N–C) groups is 2. The third-order valence-corrected chi connectivity index (χ3v) is 6.14. The maximum Gasteiger partial charge on any atom is 0.320 e. The number of nitrogens with zero attached hydrogens (tertiary/aromatic N) is 5. The summed E-state index contributed by atoms with van der Waals surface area (Å²) in [6.45, 7) is 3.86. The Morgan fingerprint density at radius 1 is 1.26 bits per heavy atom. The van der Waals surface area contributed by atoms with Gasteiger partial charge in [-0.15, -0.1) is 0 Å². The summed E-state index contributed by atoms with van der Waals surface area (Å²) in [6.07, 6.45) is 3.15. The van der Waals surface area contributed by atoms with Gasteiger partial charge in [0.15, 0.2) is 11.2 Å². The molecule has 0 aliphatic carbocycles. The summed E-state index contributed by atoms with van der Waals surface area (Å²) in [5.41, 5.74) is 1.42. The maximum absolute atomic E-state index is 13.2. The zero-order valence-electron chi connectivity index (χ0n) is 18.2. The molecule has 3 aromatic rings. The number of halogens is 2. The molecule has 1 aromatic heterocycles. The molecule has 0 N–H and O–H groups in total. The zero-order chi connectivity index (χ0) is 24.2. The molecule has 11 heteroatoms. The molecule has 0 saturated heterocycles. The molecule has 0 bridgehead atoms. The average Bonchev–Trinajstić information content (AvgIpc) is 3.39. The van der Waals surface area contributed by atoms with Crippen LogP contribution in [0.4, 0.5) is 11.6 Å². The van der Waals surface area contributed by atoms with E-state index in [9.17, 15) is 9.90 Å². The van der Waals surface area contributed by atoms with E-state index in [0.717, 1.165) is 11.8 Å².